The second-order valence-corrected chi connectivity index (χ2v) is 10.8. The number of primary amides is 2. The van der Waals surface area contributed by atoms with E-state index in [2.05, 4.69) is 10.6 Å². The number of ether oxygens (including phenoxy) is 3. The van der Waals surface area contributed by atoms with Crippen LogP contribution in [-0.4, -0.2) is 79.8 Å². The number of methoxy groups -OCH3 is 2. The van der Waals surface area contributed by atoms with E-state index in [1.807, 2.05) is 6.92 Å². The molecule has 1 heterocycles. The van der Waals surface area contributed by atoms with Gasteiger partial charge in [0.25, 0.3) is 5.91 Å². The van der Waals surface area contributed by atoms with E-state index < -0.39 is 59.8 Å². The number of hydrogen-bond donors (Lipinski definition) is 5. The van der Waals surface area contributed by atoms with Crippen molar-refractivity contribution in [1.82, 2.24) is 10.6 Å². The molecule has 0 radical (unpaired) electrons. The molecule has 236 valence electrons. The number of aliphatic hydroxyl groups is 1. The molecule has 43 heavy (non-hydrogen) atoms. The van der Waals surface area contributed by atoms with Crippen LogP contribution in [0.25, 0.3) is 0 Å². The average molecular weight is 603 g/mol. The lowest BCUT2D eigenvalue weighted by atomic mass is 9.85. The molecule has 0 saturated carbocycles. The molecule has 13 heteroatoms. The van der Waals surface area contributed by atoms with Gasteiger partial charge >= 0.3 is 6.09 Å². The smallest absolute Gasteiger partial charge is 0.405 e. The van der Waals surface area contributed by atoms with Crippen molar-refractivity contribution < 1.29 is 43.3 Å². The Bertz CT molecular complexity index is 1260. The second-order valence-electron chi connectivity index (χ2n) is 10.8. The summed E-state index contributed by atoms with van der Waals surface area (Å²) in [4.78, 5) is 62.7. The molecule has 2 bridgehead atoms. The highest BCUT2D eigenvalue weighted by atomic mass is 16.6. The number of nitrogens with one attached hydrogen (secondary N) is 2. The van der Waals surface area contributed by atoms with Crippen molar-refractivity contribution in [2.24, 2.45) is 23.3 Å². The molecule has 0 aromatic carbocycles. The Kier molecular flexibility index (Phi) is 13.0. The molecule has 1 aliphatic heterocycles. The highest BCUT2D eigenvalue weighted by Crippen LogP contribution is 2.28. The summed E-state index contributed by atoms with van der Waals surface area (Å²) in [6.07, 6.45) is 3.13. The fourth-order valence-electron chi connectivity index (χ4n) is 4.95. The lowest BCUT2D eigenvalue weighted by Gasteiger charge is -2.30. The highest BCUT2D eigenvalue weighted by molar-refractivity contribution is 6.23. The number of Topliss-reactive ketones (excluding diaryl/α,β-unsaturated/α-hetero) is 1. The fraction of sp³-hybridized carbons (Fsp3) is 0.500. The number of carbonyl (C=O) groups excluding carboxylic acids is 5. The van der Waals surface area contributed by atoms with Crippen molar-refractivity contribution in [2.75, 3.05) is 20.8 Å². The van der Waals surface area contributed by atoms with Crippen molar-refractivity contribution in [3.8, 4) is 0 Å². The molecule has 2 rings (SSSR count). The van der Waals surface area contributed by atoms with Crippen LogP contribution in [0.5, 0.6) is 0 Å². The van der Waals surface area contributed by atoms with E-state index in [-0.39, 0.29) is 47.8 Å². The zero-order valence-electron chi connectivity index (χ0n) is 25.3. The van der Waals surface area contributed by atoms with Crippen LogP contribution in [-0.2, 0) is 33.4 Å². The number of aliphatic hydroxyl groups excluding tert-OH is 1. The predicted molar refractivity (Wildman–Crippen MR) is 157 cm³/mol. The number of nitrogens with two attached hydrogens (primary N) is 2. The van der Waals surface area contributed by atoms with E-state index in [0.29, 0.717) is 5.57 Å². The van der Waals surface area contributed by atoms with Crippen LogP contribution < -0.4 is 22.1 Å². The lowest BCUT2D eigenvalue weighted by molar-refractivity contribution is -0.120. The van der Waals surface area contributed by atoms with Gasteiger partial charge in [-0.1, -0.05) is 38.2 Å². The third kappa shape index (κ3) is 9.73. The van der Waals surface area contributed by atoms with E-state index >= 15 is 0 Å². The van der Waals surface area contributed by atoms with Gasteiger partial charge in [0.15, 0.2) is 6.10 Å². The Morgan fingerprint density at radius 1 is 1.12 bits per heavy atom. The maximum absolute atomic E-state index is 13.5. The number of ketones is 2. The standard InChI is InChI=1S/C30H42N4O9/c1-15-10-19-25(33-14-24(31)36)21(35)13-20(27(19)38)34-29(39)16(2)8-7-9-22(41-5)28(43-30(32)40)18(4)12-17(3)26(37)23(11-15)42-6/h7-9,12-13,15,17,22-23,26,28,33,37H,10-11,14H2,1-6H3,(H2,31,36)(H2,32,40)(H,34,39)/b9-7-,16-8-,18-12-/t15-,17+,22+,23+,26-,28+/m1/s1. The van der Waals surface area contributed by atoms with Crippen LogP contribution in [0.15, 0.2) is 58.5 Å². The first kappa shape index (κ1) is 35.1. The van der Waals surface area contributed by atoms with Crippen molar-refractivity contribution in [1.29, 1.82) is 0 Å². The van der Waals surface area contributed by atoms with Gasteiger partial charge in [0.2, 0.25) is 17.5 Å². The van der Waals surface area contributed by atoms with E-state index in [0.717, 1.165) is 6.08 Å². The Morgan fingerprint density at radius 3 is 2.37 bits per heavy atom. The fourth-order valence-corrected chi connectivity index (χ4v) is 4.95. The van der Waals surface area contributed by atoms with Crippen molar-refractivity contribution in [3.63, 3.8) is 0 Å². The maximum Gasteiger partial charge on any atom is 0.405 e. The lowest BCUT2D eigenvalue weighted by Crippen LogP contribution is -2.39. The molecule has 2 aliphatic rings. The molecular weight excluding hydrogens is 560 g/mol. The van der Waals surface area contributed by atoms with Crippen molar-refractivity contribution in [2.45, 2.75) is 65.0 Å². The molecule has 0 aromatic rings. The molecule has 0 saturated heterocycles. The van der Waals surface area contributed by atoms with Crippen molar-refractivity contribution in [3.05, 3.63) is 58.5 Å². The SMILES string of the molecule is CO[C@H]1/C=C\C=C(\C)C(=O)NC2=CC(=O)C(NCC(N)=O)=C(C[C@@H](C)C[C@H](OC)[C@H](O)[C@@H](C)/C=C(/C)[C@@H]1OC(N)=O)C2=O. The summed E-state index contributed by atoms with van der Waals surface area (Å²) in [7, 11) is 2.86. The molecular formula is C30H42N4O9. The molecule has 7 N–H and O–H groups in total. The topological polar surface area (TPSA) is 209 Å². The maximum atomic E-state index is 13.5. The van der Waals surface area contributed by atoms with Gasteiger partial charge in [-0.2, -0.15) is 0 Å². The average Bonchev–Trinajstić information content (AvgIpc) is 2.93. The third-order valence-electron chi connectivity index (χ3n) is 7.23. The zero-order valence-corrected chi connectivity index (χ0v) is 25.3. The molecule has 6 atom stereocenters. The van der Waals surface area contributed by atoms with Gasteiger partial charge in [-0.05, 0) is 38.2 Å². The zero-order chi connectivity index (χ0) is 32.4. The normalized spacial score (nSPS) is 31.1. The molecule has 3 amide bonds. The number of rotatable bonds is 6. The Morgan fingerprint density at radius 2 is 1.79 bits per heavy atom. The van der Waals surface area contributed by atoms with Gasteiger partial charge < -0.3 is 41.4 Å². The second kappa shape index (κ2) is 16.0. The monoisotopic (exact) mass is 602 g/mol. The number of carbonyl (C=O) groups is 5. The van der Waals surface area contributed by atoms with Crippen LogP contribution >= 0.6 is 0 Å². The molecule has 0 fully saturated rings. The van der Waals surface area contributed by atoms with Gasteiger partial charge in [-0.3, -0.25) is 19.2 Å². The van der Waals surface area contributed by atoms with Crippen LogP contribution in [0.2, 0.25) is 0 Å². The predicted octanol–water partition coefficient (Wildman–Crippen LogP) is 0.837. The summed E-state index contributed by atoms with van der Waals surface area (Å²) in [5.41, 5.74) is 11.1. The highest BCUT2D eigenvalue weighted by Gasteiger charge is 2.33. The first-order valence-corrected chi connectivity index (χ1v) is 13.8. The van der Waals surface area contributed by atoms with Gasteiger partial charge in [-0.15, -0.1) is 0 Å². The summed E-state index contributed by atoms with van der Waals surface area (Å²) in [6, 6.07) is 0. The first-order chi connectivity index (χ1) is 20.2. The van der Waals surface area contributed by atoms with Crippen LogP contribution in [0, 0.1) is 11.8 Å². The van der Waals surface area contributed by atoms with E-state index in [1.165, 1.54) is 33.3 Å². The van der Waals surface area contributed by atoms with Gasteiger partial charge in [-0.25, -0.2) is 4.79 Å². The molecule has 0 aromatic heterocycles. The van der Waals surface area contributed by atoms with Gasteiger partial charge in [0.1, 0.15) is 6.10 Å². The molecule has 1 aliphatic carbocycles. The third-order valence-corrected chi connectivity index (χ3v) is 7.23. The van der Waals surface area contributed by atoms with Crippen LogP contribution in [0.1, 0.15) is 40.5 Å². The minimum absolute atomic E-state index is 0.0658. The van der Waals surface area contributed by atoms with Crippen LogP contribution in [0.3, 0.4) is 0 Å². The number of allylic oxidation sites excluding steroid dienone is 4. The Balaban J connectivity index is 2.63. The molecule has 0 spiro atoms. The summed E-state index contributed by atoms with van der Waals surface area (Å²) in [5.74, 6) is -3.35. The summed E-state index contributed by atoms with van der Waals surface area (Å²) >= 11 is 0. The van der Waals surface area contributed by atoms with E-state index in [1.54, 1.807) is 26.0 Å². The number of fused-ring (bicyclic) bond motifs is 2. The van der Waals surface area contributed by atoms with E-state index in [9.17, 15) is 29.1 Å². The summed E-state index contributed by atoms with van der Waals surface area (Å²) in [5, 5.41) is 16.4. The number of hydrogen-bond acceptors (Lipinski definition) is 10. The largest absolute Gasteiger partial charge is 0.439 e. The van der Waals surface area contributed by atoms with Gasteiger partial charge in [0, 0.05) is 37.4 Å². The first-order valence-electron chi connectivity index (χ1n) is 13.8. The molecule has 0 unspecified atom stereocenters. The minimum atomic E-state index is -1.02. The van der Waals surface area contributed by atoms with E-state index in [4.69, 9.17) is 25.7 Å². The number of amides is 3. The van der Waals surface area contributed by atoms with Crippen LogP contribution in [0.4, 0.5) is 4.79 Å². The van der Waals surface area contributed by atoms with Gasteiger partial charge in [0.05, 0.1) is 30.1 Å². The quantitative estimate of drug-likeness (QED) is 0.214. The summed E-state index contributed by atoms with van der Waals surface area (Å²) < 4.78 is 16.5. The Hall–Kier alpha value is -4.07. The summed E-state index contributed by atoms with van der Waals surface area (Å²) in [6.45, 7) is 6.43. The minimum Gasteiger partial charge on any atom is -0.439 e. The van der Waals surface area contributed by atoms with Crippen molar-refractivity contribution >= 4 is 29.5 Å². The molecule has 13 nitrogen and oxygen atoms in total. The Labute approximate surface area is 251 Å².